The van der Waals surface area contributed by atoms with Gasteiger partial charge in [0.25, 0.3) is 0 Å². The van der Waals surface area contributed by atoms with Crippen molar-refractivity contribution in [1.29, 1.82) is 0 Å². The highest BCUT2D eigenvalue weighted by Gasteiger charge is 2.25. The van der Waals surface area contributed by atoms with Crippen LogP contribution in [0.15, 0.2) is 0 Å². The smallest absolute Gasteiger partial charge is 0.0702 e. The van der Waals surface area contributed by atoms with E-state index in [1.165, 1.54) is 12.8 Å². The first-order valence-corrected chi connectivity index (χ1v) is 6.41. The molecule has 2 unspecified atom stereocenters. The highest BCUT2D eigenvalue weighted by molar-refractivity contribution is 4.82. The Labute approximate surface area is 101 Å². The first kappa shape index (κ1) is 13.9. The molecule has 1 rings (SSSR count). The molecular weight excluding hydrogens is 200 g/mol. The Morgan fingerprint density at radius 2 is 2.12 bits per heavy atom. The van der Waals surface area contributed by atoms with E-state index >= 15 is 0 Å². The zero-order chi connectivity index (χ0) is 12.2. The van der Waals surface area contributed by atoms with E-state index in [9.17, 15) is 0 Å². The van der Waals surface area contributed by atoms with Gasteiger partial charge >= 0.3 is 0 Å². The van der Waals surface area contributed by atoms with E-state index in [1.807, 2.05) is 0 Å². The highest BCUT2D eigenvalue weighted by Crippen LogP contribution is 2.20. The largest absolute Gasteiger partial charge is 0.377 e. The number of nitrogens with one attached hydrogen (secondary N) is 1. The van der Waals surface area contributed by atoms with Crippen molar-refractivity contribution < 1.29 is 4.74 Å². The third-order valence-corrected chi connectivity index (χ3v) is 3.43. The average molecular weight is 228 g/mol. The summed E-state index contributed by atoms with van der Waals surface area (Å²) >= 11 is 0. The molecule has 16 heavy (non-hydrogen) atoms. The summed E-state index contributed by atoms with van der Waals surface area (Å²) in [4.78, 5) is 2.39. The fourth-order valence-corrected chi connectivity index (χ4v) is 2.32. The first-order valence-electron chi connectivity index (χ1n) is 6.41. The molecule has 1 aliphatic rings. The Morgan fingerprint density at radius 3 is 2.56 bits per heavy atom. The molecule has 1 N–H and O–H groups in total. The molecule has 2 atom stereocenters. The van der Waals surface area contributed by atoms with Gasteiger partial charge in [0.15, 0.2) is 0 Å². The van der Waals surface area contributed by atoms with Gasteiger partial charge in [-0.15, -0.1) is 0 Å². The third kappa shape index (κ3) is 4.40. The molecule has 1 heterocycles. The van der Waals surface area contributed by atoms with E-state index in [2.05, 4.69) is 45.1 Å². The molecule has 1 saturated heterocycles. The van der Waals surface area contributed by atoms with Crippen molar-refractivity contribution in [2.75, 3.05) is 33.8 Å². The van der Waals surface area contributed by atoms with Crippen molar-refractivity contribution in [3.05, 3.63) is 0 Å². The first-order chi connectivity index (χ1) is 7.43. The fraction of sp³-hybridized carbons (Fsp3) is 1.00. The van der Waals surface area contributed by atoms with E-state index in [0.29, 0.717) is 17.6 Å². The molecule has 1 fully saturated rings. The van der Waals surface area contributed by atoms with Crippen LogP contribution in [0.4, 0.5) is 0 Å². The van der Waals surface area contributed by atoms with Gasteiger partial charge in [0, 0.05) is 25.7 Å². The van der Waals surface area contributed by atoms with E-state index in [4.69, 9.17) is 4.74 Å². The molecule has 0 radical (unpaired) electrons. The zero-order valence-electron chi connectivity index (χ0n) is 11.5. The van der Waals surface area contributed by atoms with Crippen molar-refractivity contribution in [3.63, 3.8) is 0 Å². The van der Waals surface area contributed by atoms with Crippen LogP contribution in [0.2, 0.25) is 0 Å². The number of ether oxygens (including phenoxy) is 1. The maximum atomic E-state index is 5.66. The molecule has 0 saturated carbocycles. The topological polar surface area (TPSA) is 24.5 Å². The van der Waals surface area contributed by atoms with Gasteiger partial charge in [-0.05, 0) is 32.4 Å². The van der Waals surface area contributed by atoms with Crippen molar-refractivity contribution in [1.82, 2.24) is 10.2 Å². The van der Waals surface area contributed by atoms with Gasteiger partial charge in [0.2, 0.25) is 0 Å². The van der Waals surface area contributed by atoms with Crippen LogP contribution in [0.5, 0.6) is 0 Å². The minimum atomic E-state index is 0.305. The van der Waals surface area contributed by atoms with Crippen molar-refractivity contribution in [2.45, 2.75) is 45.8 Å². The van der Waals surface area contributed by atoms with Crippen molar-refractivity contribution in [2.24, 2.45) is 5.41 Å². The lowest BCUT2D eigenvalue weighted by atomic mass is 9.86. The molecule has 0 amide bonds. The number of likely N-dealkylation sites (N-methyl/N-ethyl adjacent to an activating group) is 2. The Bertz CT molecular complexity index is 195. The number of hydrogen-bond donors (Lipinski definition) is 1. The summed E-state index contributed by atoms with van der Waals surface area (Å²) in [7, 11) is 4.24. The fourth-order valence-electron chi connectivity index (χ4n) is 2.32. The molecule has 3 nitrogen and oxygen atoms in total. The predicted molar refractivity (Wildman–Crippen MR) is 68.8 cm³/mol. The van der Waals surface area contributed by atoms with Gasteiger partial charge in [-0.25, -0.2) is 0 Å². The van der Waals surface area contributed by atoms with E-state index < -0.39 is 0 Å². The standard InChI is InChI=1S/C13H28N2O/c1-13(2,3)12(14-4)10-15(5)9-11-7-6-8-16-11/h11-12,14H,6-10H2,1-5H3. The number of nitrogens with zero attached hydrogens (tertiary/aromatic N) is 1. The van der Waals surface area contributed by atoms with Gasteiger partial charge in [0.05, 0.1) is 6.10 Å². The molecule has 0 bridgehead atoms. The Balaban J connectivity index is 2.33. The van der Waals surface area contributed by atoms with Gasteiger partial charge in [-0.3, -0.25) is 0 Å². The summed E-state index contributed by atoms with van der Waals surface area (Å²) in [5.41, 5.74) is 0.305. The molecule has 3 heteroatoms. The summed E-state index contributed by atoms with van der Waals surface area (Å²) in [6.07, 6.45) is 2.92. The molecule has 0 spiro atoms. The normalized spacial score (nSPS) is 24.0. The highest BCUT2D eigenvalue weighted by atomic mass is 16.5. The van der Waals surface area contributed by atoms with Crippen LogP contribution in [-0.2, 0) is 4.74 Å². The van der Waals surface area contributed by atoms with E-state index in [-0.39, 0.29) is 0 Å². The van der Waals surface area contributed by atoms with Crippen LogP contribution in [0.1, 0.15) is 33.6 Å². The Hall–Kier alpha value is -0.120. The second-order valence-electron chi connectivity index (χ2n) is 6.06. The van der Waals surface area contributed by atoms with Crippen LogP contribution >= 0.6 is 0 Å². The van der Waals surface area contributed by atoms with Crippen molar-refractivity contribution in [3.8, 4) is 0 Å². The molecule has 96 valence electrons. The quantitative estimate of drug-likeness (QED) is 0.775. The lowest BCUT2D eigenvalue weighted by Gasteiger charge is -2.34. The summed E-state index contributed by atoms with van der Waals surface area (Å²) in [5, 5.41) is 3.42. The third-order valence-electron chi connectivity index (χ3n) is 3.43. The van der Waals surface area contributed by atoms with Crippen LogP contribution in [0.3, 0.4) is 0 Å². The average Bonchev–Trinajstić information content (AvgIpc) is 2.64. The second-order valence-corrected chi connectivity index (χ2v) is 6.06. The minimum Gasteiger partial charge on any atom is -0.377 e. The molecule has 0 aliphatic carbocycles. The number of hydrogen-bond acceptors (Lipinski definition) is 3. The molecule has 0 aromatic heterocycles. The lowest BCUT2D eigenvalue weighted by Crippen LogP contribution is -2.47. The second kappa shape index (κ2) is 5.99. The monoisotopic (exact) mass is 228 g/mol. The van der Waals surface area contributed by atoms with E-state index in [1.54, 1.807) is 0 Å². The van der Waals surface area contributed by atoms with Gasteiger partial charge in [0.1, 0.15) is 0 Å². The van der Waals surface area contributed by atoms with Crippen LogP contribution < -0.4 is 5.32 Å². The minimum absolute atomic E-state index is 0.305. The number of rotatable bonds is 5. The Morgan fingerprint density at radius 1 is 1.44 bits per heavy atom. The summed E-state index contributed by atoms with van der Waals surface area (Å²) in [6, 6.07) is 0.527. The zero-order valence-corrected chi connectivity index (χ0v) is 11.5. The van der Waals surface area contributed by atoms with Gasteiger partial charge in [-0.2, -0.15) is 0 Å². The SMILES string of the molecule is CNC(CN(C)CC1CCCO1)C(C)(C)C. The van der Waals surface area contributed by atoms with Gasteiger partial charge < -0.3 is 15.0 Å². The summed E-state index contributed by atoms with van der Waals surface area (Å²) < 4.78 is 5.66. The lowest BCUT2D eigenvalue weighted by molar-refractivity contribution is 0.0730. The maximum absolute atomic E-state index is 5.66. The maximum Gasteiger partial charge on any atom is 0.0702 e. The predicted octanol–water partition coefficient (Wildman–Crippen LogP) is 1.73. The molecule has 0 aromatic rings. The molecular formula is C13H28N2O. The summed E-state index contributed by atoms with van der Waals surface area (Å²) in [6.45, 7) is 9.96. The van der Waals surface area contributed by atoms with Crippen LogP contribution in [0, 0.1) is 5.41 Å². The molecule has 0 aromatic carbocycles. The summed E-state index contributed by atoms with van der Waals surface area (Å²) in [5.74, 6) is 0. The Kier molecular flexibility index (Phi) is 5.22. The van der Waals surface area contributed by atoms with Crippen LogP contribution in [0.25, 0.3) is 0 Å². The van der Waals surface area contributed by atoms with E-state index in [0.717, 1.165) is 19.7 Å². The molecule has 1 aliphatic heterocycles. The van der Waals surface area contributed by atoms with Gasteiger partial charge in [-0.1, -0.05) is 20.8 Å². The van der Waals surface area contributed by atoms with Crippen LogP contribution in [-0.4, -0.2) is 50.8 Å². The van der Waals surface area contributed by atoms with Crippen molar-refractivity contribution >= 4 is 0 Å².